The van der Waals surface area contributed by atoms with Gasteiger partial charge in [-0.1, -0.05) is 12.1 Å². The lowest BCUT2D eigenvalue weighted by molar-refractivity contribution is -0.152. The Bertz CT molecular complexity index is 2440. The van der Waals surface area contributed by atoms with Gasteiger partial charge in [-0.2, -0.15) is 4.98 Å². The zero-order valence-electron chi connectivity index (χ0n) is 38.1. The van der Waals surface area contributed by atoms with Gasteiger partial charge in [0.1, 0.15) is 6.04 Å². The van der Waals surface area contributed by atoms with Gasteiger partial charge in [0.05, 0.1) is 24.3 Å². The third-order valence-electron chi connectivity index (χ3n) is 14.4. The highest BCUT2D eigenvalue weighted by Crippen LogP contribution is 2.35. The monoisotopic (exact) mass is 918 g/mol. The number of aromatic nitrogens is 3. The van der Waals surface area contributed by atoms with Crippen molar-refractivity contribution in [2.45, 2.75) is 75.8 Å². The van der Waals surface area contributed by atoms with E-state index in [9.17, 15) is 33.6 Å². The number of likely N-dealkylation sites (N-methyl/N-ethyl adjacent to an activating group) is 1. The van der Waals surface area contributed by atoms with Crippen LogP contribution in [0.5, 0.6) is 0 Å². The molecule has 5 saturated heterocycles. The average molecular weight is 919 g/mol. The molecule has 5 fully saturated rings. The molecule has 20 nitrogen and oxygen atoms in total. The minimum absolute atomic E-state index is 0.00989. The molecular weight excluding hydrogens is 861 g/mol. The Labute approximate surface area is 388 Å². The molecule has 7 heterocycles. The number of hydrogen-bond acceptors (Lipinski definition) is 15. The summed E-state index contributed by atoms with van der Waals surface area (Å²) in [6.07, 6.45) is 5.15. The molecular formula is C47H58N12O8. The van der Waals surface area contributed by atoms with Crippen molar-refractivity contribution in [3.8, 4) is 0 Å². The number of primary amides is 1. The van der Waals surface area contributed by atoms with Crippen molar-refractivity contribution in [1.82, 2.24) is 39.7 Å². The molecule has 0 bridgehead atoms. The van der Waals surface area contributed by atoms with Crippen LogP contribution in [0.15, 0.2) is 42.5 Å². The predicted octanol–water partition coefficient (Wildman–Crippen LogP) is 2.82. The molecule has 0 saturated carbocycles. The summed E-state index contributed by atoms with van der Waals surface area (Å²) >= 11 is 0. The number of piperidine rings is 3. The van der Waals surface area contributed by atoms with Gasteiger partial charge in [-0.15, -0.1) is 10.2 Å². The highest BCUT2D eigenvalue weighted by molar-refractivity contribution is 6.23. The molecule has 3 N–H and O–H groups in total. The van der Waals surface area contributed by atoms with E-state index in [-0.39, 0.29) is 72.8 Å². The number of esters is 1. The fourth-order valence-electron chi connectivity index (χ4n) is 10.6. The second kappa shape index (κ2) is 19.3. The van der Waals surface area contributed by atoms with Crippen LogP contribution in [-0.4, -0.2) is 173 Å². The Morgan fingerprint density at radius 3 is 2.34 bits per heavy atom. The van der Waals surface area contributed by atoms with Crippen LogP contribution in [0.4, 0.5) is 27.9 Å². The van der Waals surface area contributed by atoms with E-state index in [1.807, 2.05) is 35.0 Å². The molecule has 20 heteroatoms. The molecule has 9 rings (SSSR count). The van der Waals surface area contributed by atoms with Gasteiger partial charge in [0, 0.05) is 83.6 Å². The summed E-state index contributed by atoms with van der Waals surface area (Å²) < 4.78 is 4.66. The van der Waals surface area contributed by atoms with Gasteiger partial charge in [-0.05, 0) is 106 Å². The molecule has 2 unspecified atom stereocenters. The second-order valence-electron chi connectivity index (χ2n) is 18.6. The third-order valence-corrected chi connectivity index (χ3v) is 14.4. The van der Waals surface area contributed by atoms with Crippen LogP contribution in [0.3, 0.4) is 0 Å². The highest BCUT2D eigenvalue weighted by atomic mass is 16.5. The Kier molecular flexibility index (Phi) is 13.1. The van der Waals surface area contributed by atoms with Crippen LogP contribution in [0, 0.1) is 5.92 Å². The average Bonchev–Trinajstić information content (AvgIpc) is 4.02. The molecule has 3 aromatic rings. The van der Waals surface area contributed by atoms with Crippen molar-refractivity contribution < 1.29 is 38.3 Å². The maximum absolute atomic E-state index is 13.8. The molecule has 354 valence electrons. The Hall–Kier alpha value is -6.70. The van der Waals surface area contributed by atoms with Crippen LogP contribution in [0.25, 0.3) is 0 Å². The number of imide groups is 2. The first-order chi connectivity index (χ1) is 32.4. The van der Waals surface area contributed by atoms with E-state index in [2.05, 4.69) is 42.2 Å². The van der Waals surface area contributed by atoms with E-state index < -0.39 is 35.6 Å². The van der Waals surface area contributed by atoms with Gasteiger partial charge in [-0.3, -0.25) is 38.6 Å². The third kappa shape index (κ3) is 9.35. The van der Waals surface area contributed by atoms with Crippen molar-refractivity contribution in [3.63, 3.8) is 0 Å². The van der Waals surface area contributed by atoms with E-state index in [1.165, 1.54) is 12.7 Å². The zero-order valence-corrected chi connectivity index (χ0v) is 38.1. The number of carbonyl (C=O) groups is 7. The molecule has 6 aliphatic heterocycles. The number of nitrogens with one attached hydrogen (secondary N) is 1. The number of nitrogens with zero attached hydrogens (tertiary/aromatic N) is 10. The fraction of sp³-hybridized carbons (Fsp3) is 0.532. The van der Waals surface area contributed by atoms with Gasteiger partial charge >= 0.3 is 12.0 Å². The van der Waals surface area contributed by atoms with E-state index in [0.717, 1.165) is 86.0 Å². The number of methoxy groups -OCH3 is 1. The summed E-state index contributed by atoms with van der Waals surface area (Å²) in [6.45, 7) is 7.23. The Morgan fingerprint density at radius 2 is 1.61 bits per heavy atom. The minimum Gasteiger partial charge on any atom is -0.469 e. The normalized spacial score (nSPS) is 22.9. The number of likely N-dealkylation sites (tertiary alicyclic amines) is 2. The van der Waals surface area contributed by atoms with Crippen LogP contribution in [0.1, 0.15) is 100 Å². The standard InChI is InChI=1S/C47H58N12O8/c1-53-23-24-57(47(53)66)34-5-3-18-56(28-34)46-50-42(40(41(48)62)51-52-46)49-32-9-7-30(8-10-32)31-16-20-54(21-17-31)26-29-15-22-55(27-29)33-11-12-35-36(25-33)44(64)59(43(35)63)37-13-14-38(60)58(45(37)65)19-4-6-39(61)67-2/h7-12,25,29,31,34,37H,3-6,13-24,26-28H2,1-2H3,(H2,48,62)(H,49,50,52)/t29?,34-,37?/m1/s1. The molecule has 1 aromatic heterocycles. The van der Waals surface area contributed by atoms with E-state index in [4.69, 9.17) is 10.7 Å². The summed E-state index contributed by atoms with van der Waals surface area (Å²) in [4.78, 5) is 107. The summed E-state index contributed by atoms with van der Waals surface area (Å²) in [5.41, 5.74) is 9.01. The van der Waals surface area contributed by atoms with Crippen LogP contribution in [0.2, 0.25) is 0 Å². The van der Waals surface area contributed by atoms with Crippen molar-refractivity contribution >= 4 is 64.7 Å². The number of rotatable bonds is 14. The summed E-state index contributed by atoms with van der Waals surface area (Å²) in [6, 6.07) is 12.5. The van der Waals surface area contributed by atoms with Gasteiger partial charge in [0.15, 0.2) is 11.5 Å². The van der Waals surface area contributed by atoms with Crippen molar-refractivity contribution in [1.29, 1.82) is 0 Å². The quantitative estimate of drug-likeness (QED) is 0.175. The number of ether oxygens (including phenoxy) is 1. The smallest absolute Gasteiger partial charge is 0.320 e. The highest BCUT2D eigenvalue weighted by Gasteiger charge is 2.47. The molecule has 67 heavy (non-hydrogen) atoms. The van der Waals surface area contributed by atoms with Crippen LogP contribution < -0.4 is 20.9 Å². The van der Waals surface area contributed by atoms with Crippen LogP contribution >= 0.6 is 0 Å². The first kappa shape index (κ1) is 45.5. The fourth-order valence-corrected chi connectivity index (χ4v) is 10.6. The molecule has 0 aliphatic carbocycles. The largest absolute Gasteiger partial charge is 0.469 e. The lowest BCUT2D eigenvalue weighted by Crippen LogP contribution is -2.56. The number of anilines is 4. The van der Waals surface area contributed by atoms with Crippen molar-refractivity contribution in [3.05, 3.63) is 64.8 Å². The zero-order chi connectivity index (χ0) is 46.9. The molecule has 2 aromatic carbocycles. The Morgan fingerprint density at radius 1 is 0.836 bits per heavy atom. The maximum Gasteiger partial charge on any atom is 0.320 e. The number of carbonyl (C=O) groups excluding carboxylic acids is 7. The number of hydrogen-bond donors (Lipinski definition) is 2. The maximum atomic E-state index is 13.8. The number of benzene rings is 2. The van der Waals surface area contributed by atoms with Gasteiger partial charge < -0.3 is 40.3 Å². The predicted molar refractivity (Wildman–Crippen MR) is 245 cm³/mol. The first-order valence-electron chi connectivity index (χ1n) is 23.4. The van der Waals surface area contributed by atoms with Crippen molar-refractivity contribution in [2.75, 3.05) is 94.7 Å². The van der Waals surface area contributed by atoms with Crippen LogP contribution in [-0.2, 0) is 19.1 Å². The van der Waals surface area contributed by atoms with Crippen molar-refractivity contribution in [2.24, 2.45) is 11.7 Å². The number of urea groups is 1. The second-order valence-corrected chi connectivity index (χ2v) is 18.6. The van der Waals surface area contributed by atoms with Gasteiger partial charge in [-0.25, -0.2) is 4.79 Å². The molecule has 7 amide bonds. The number of nitrogens with two attached hydrogens (primary N) is 1. The first-order valence-corrected chi connectivity index (χ1v) is 23.4. The topological polar surface area (TPSA) is 228 Å². The SMILES string of the molecule is COC(=O)CCCN1C(=O)CCC(N2C(=O)c3ccc(N4CCC(CN5CCC(c6ccc(Nc7nc(N8CCC[C@@H](N9CCN(C)C9=O)C8)nnc7C(N)=O)cc6)CC5)C4)cc3C2=O)C1=O. The van der Waals surface area contributed by atoms with Gasteiger partial charge in [0.25, 0.3) is 23.6 Å². The minimum atomic E-state index is -1.08. The number of fused-ring (bicyclic) bond motifs is 1. The van der Waals surface area contributed by atoms with Gasteiger partial charge in [0.2, 0.25) is 11.9 Å². The summed E-state index contributed by atoms with van der Waals surface area (Å²) in [7, 11) is 3.09. The molecule has 3 atom stereocenters. The lowest BCUT2D eigenvalue weighted by Gasteiger charge is -2.37. The van der Waals surface area contributed by atoms with E-state index >= 15 is 0 Å². The summed E-state index contributed by atoms with van der Waals surface area (Å²) in [5.74, 6) is -1.79. The number of amides is 7. The Balaban J connectivity index is 0.760. The molecule has 6 aliphatic rings. The lowest BCUT2D eigenvalue weighted by atomic mass is 9.89. The van der Waals surface area contributed by atoms with E-state index in [0.29, 0.717) is 44.0 Å². The van der Waals surface area contributed by atoms with E-state index in [1.54, 1.807) is 17.0 Å². The molecule has 0 spiro atoms. The summed E-state index contributed by atoms with van der Waals surface area (Å²) in [5, 5.41) is 11.7. The molecule has 0 radical (unpaired) electrons.